The molecule has 0 spiro atoms. The van der Waals surface area contributed by atoms with Crippen molar-refractivity contribution >= 4 is 6.29 Å². The van der Waals surface area contributed by atoms with Crippen LogP contribution in [0, 0.1) is 5.92 Å². The second-order valence-corrected chi connectivity index (χ2v) is 3.31. The van der Waals surface area contributed by atoms with Crippen molar-refractivity contribution in [2.45, 2.75) is 45.3 Å². The van der Waals surface area contributed by atoms with Gasteiger partial charge in [0, 0.05) is 0 Å². The van der Waals surface area contributed by atoms with Crippen molar-refractivity contribution < 1.29 is 9.53 Å². The first-order valence-corrected chi connectivity index (χ1v) is 4.38. The summed E-state index contributed by atoms with van der Waals surface area (Å²) in [6.07, 6.45) is 4.24. The molecular weight excluding hydrogens is 140 g/mol. The molecule has 1 fully saturated rings. The maximum absolute atomic E-state index is 10.3. The van der Waals surface area contributed by atoms with Crippen molar-refractivity contribution in [2.24, 2.45) is 5.92 Å². The van der Waals surface area contributed by atoms with E-state index in [1.54, 1.807) is 0 Å². The Balaban J connectivity index is 2.34. The molecule has 1 rings (SSSR count). The smallest absolute Gasteiger partial charge is 0.148 e. The lowest BCUT2D eigenvalue weighted by Crippen LogP contribution is -2.18. The summed E-state index contributed by atoms with van der Waals surface area (Å²) in [7, 11) is 0. The van der Waals surface area contributed by atoms with Crippen molar-refractivity contribution in [3.63, 3.8) is 0 Å². The van der Waals surface area contributed by atoms with Crippen LogP contribution in [0.15, 0.2) is 0 Å². The minimum Gasteiger partial charge on any atom is -0.367 e. The number of carbonyl (C=O) groups excluding carboxylic acids is 1. The highest BCUT2D eigenvalue weighted by atomic mass is 16.5. The SMILES string of the molecule is CCC(C)C1CCC(C=O)O1. The summed E-state index contributed by atoms with van der Waals surface area (Å²) in [5.41, 5.74) is 0. The predicted octanol–water partition coefficient (Wildman–Crippen LogP) is 1.78. The number of hydrogen-bond acceptors (Lipinski definition) is 2. The fraction of sp³-hybridized carbons (Fsp3) is 0.889. The van der Waals surface area contributed by atoms with Crippen LogP contribution in [0.25, 0.3) is 0 Å². The minimum atomic E-state index is -0.117. The zero-order chi connectivity index (χ0) is 8.27. The van der Waals surface area contributed by atoms with E-state index in [9.17, 15) is 4.79 Å². The third-order valence-corrected chi connectivity index (χ3v) is 2.52. The van der Waals surface area contributed by atoms with Gasteiger partial charge in [0.1, 0.15) is 12.4 Å². The third-order valence-electron chi connectivity index (χ3n) is 2.52. The Morgan fingerprint density at radius 3 is 2.82 bits per heavy atom. The van der Waals surface area contributed by atoms with Crippen LogP contribution >= 0.6 is 0 Å². The van der Waals surface area contributed by atoms with Gasteiger partial charge in [0.15, 0.2) is 0 Å². The second-order valence-electron chi connectivity index (χ2n) is 3.31. The van der Waals surface area contributed by atoms with Crippen molar-refractivity contribution in [2.75, 3.05) is 0 Å². The molecule has 0 amide bonds. The predicted molar refractivity (Wildman–Crippen MR) is 43.4 cm³/mol. The first kappa shape index (κ1) is 8.72. The van der Waals surface area contributed by atoms with E-state index >= 15 is 0 Å². The average Bonchev–Trinajstić information content (AvgIpc) is 2.50. The first-order valence-electron chi connectivity index (χ1n) is 4.38. The lowest BCUT2D eigenvalue weighted by atomic mass is 9.99. The van der Waals surface area contributed by atoms with Crippen LogP contribution in [0.5, 0.6) is 0 Å². The van der Waals surface area contributed by atoms with E-state index in [-0.39, 0.29) is 6.10 Å². The van der Waals surface area contributed by atoms with E-state index in [2.05, 4.69) is 13.8 Å². The Morgan fingerprint density at radius 2 is 2.36 bits per heavy atom. The van der Waals surface area contributed by atoms with Gasteiger partial charge < -0.3 is 9.53 Å². The molecule has 2 nitrogen and oxygen atoms in total. The van der Waals surface area contributed by atoms with E-state index in [1.807, 2.05) is 0 Å². The molecule has 11 heavy (non-hydrogen) atoms. The third kappa shape index (κ3) is 2.03. The Morgan fingerprint density at radius 1 is 1.64 bits per heavy atom. The molecule has 64 valence electrons. The molecule has 0 bridgehead atoms. The molecule has 0 radical (unpaired) electrons. The lowest BCUT2D eigenvalue weighted by Gasteiger charge is -2.16. The zero-order valence-electron chi connectivity index (χ0n) is 7.25. The van der Waals surface area contributed by atoms with Crippen LogP contribution in [-0.2, 0) is 9.53 Å². The maximum atomic E-state index is 10.3. The average molecular weight is 156 g/mol. The molecule has 1 aliphatic rings. The van der Waals surface area contributed by atoms with Crippen LogP contribution in [0.1, 0.15) is 33.1 Å². The van der Waals surface area contributed by atoms with E-state index in [0.29, 0.717) is 12.0 Å². The summed E-state index contributed by atoms with van der Waals surface area (Å²) in [6, 6.07) is 0. The number of carbonyl (C=O) groups is 1. The summed E-state index contributed by atoms with van der Waals surface area (Å²) in [5, 5.41) is 0. The topological polar surface area (TPSA) is 26.3 Å². The molecule has 0 aliphatic carbocycles. The molecule has 0 aromatic heterocycles. The monoisotopic (exact) mass is 156 g/mol. The Hall–Kier alpha value is -0.370. The van der Waals surface area contributed by atoms with Crippen molar-refractivity contribution in [3.8, 4) is 0 Å². The molecule has 0 aromatic carbocycles. The highest BCUT2D eigenvalue weighted by molar-refractivity contribution is 5.56. The minimum absolute atomic E-state index is 0.117. The molecule has 0 saturated carbocycles. The van der Waals surface area contributed by atoms with Crippen LogP contribution in [-0.4, -0.2) is 18.5 Å². The van der Waals surface area contributed by atoms with Gasteiger partial charge in [0.05, 0.1) is 6.10 Å². The van der Waals surface area contributed by atoms with E-state index < -0.39 is 0 Å². The van der Waals surface area contributed by atoms with Gasteiger partial charge >= 0.3 is 0 Å². The van der Waals surface area contributed by atoms with Crippen LogP contribution in [0.2, 0.25) is 0 Å². The Bertz CT molecular complexity index is 134. The second kappa shape index (κ2) is 3.86. The first-order chi connectivity index (χ1) is 5.27. The molecule has 2 heteroatoms. The molecule has 1 saturated heterocycles. The molecule has 1 aliphatic heterocycles. The van der Waals surface area contributed by atoms with Gasteiger partial charge in [-0.1, -0.05) is 20.3 Å². The van der Waals surface area contributed by atoms with Crippen molar-refractivity contribution in [1.29, 1.82) is 0 Å². The van der Waals surface area contributed by atoms with Gasteiger partial charge in [-0.2, -0.15) is 0 Å². The molecule has 0 aromatic rings. The summed E-state index contributed by atoms with van der Waals surface area (Å²) < 4.78 is 5.50. The van der Waals surface area contributed by atoms with E-state index in [0.717, 1.165) is 25.5 Å². The highest BCUT2D eigenvalue weighted by Gasteiger charge is 2.27. The standard InChI is InChI=1S/C9H16O2/c1-3-7(2)9-5-4-8(6-10)11-9/h6-9H,3-5H2,1-2H3. The molecule has 3 unspecified atom stereocenters. The van der Waals surface area contributed by atoms with Gasteiger partial charge in [-0.15, -0.1) is 0 Å². The highest BCUT2D eigenvalue weighted by Crippen LogP contribution is 2.25. The number of ether oxygens (including phenoxy) is 1. The number of aldehydes is 1. The summed E-state index contributed by atoms with van der Waals surface area (Å²) in [5.74, 6) is 0.597. The fourth-order valence-electron chi connectivity index (χ4n) is 1.47. The van der Waals surface area contributed by atoms with E-state index in [1.165, 1.54) is 0 Å². The Kier molecular flexibility index (Phi) is 3.06. The van der Waals surface area contributed by atoms with Gasteiger partial charge in [-0.3, -0.25) is 0 Å². The van der Waals surface area contributed by atoms with Gasteiger partial charge in [0.25, 0.3) is 0 Å². The summed E-state index contributed by atoms with van der Waals surface area (Å²) in [4.78, 5) is 10.3. The Labute approximate surface area is 67.9 Å². The maximum Gasteiger partial charge on any atom is 0.148 e. The van der Waals surface area contributed by atoms with Gasteiger partial charge in [-0.05, 0) is 18.8 Å². The van der Waals surface area contributed by atoms with Gasteiger partial charge in [-0.25, -0.2) is 0 Å². The molecule has 1 heterocycles. The van der Waals surface area contributed by atoms with Crippen LogP contribution < -0.4 is 0 Å². The normalized spacial score (nSPS) is 33.6. The number of hydrogen-bond donors (Lipinski definition) is 0. The van der Waals surface area contributed by atoms with Crippen LogP contribution in [0.3, 0.4) is 0 Å². The molecular formula is C9H16O2. The number of rotatable bonds is 3. The quantitative estimate of drug-likeness (QED) is 0.582. The van der Waals surface area contributed by atoms with E-state index in [4.69, 9.17) is 4.74 Å². The zero-order valence-corrected chi connectivity index (χ0v) is 7.25. The molecule has 3 atom stereocenters. The summed E-state index contributed by atoms with van der Waals surface area (Å²) >= 11 is 0. The lowest BCUT2D eigenvalue weighted by molar-refractivity contribution is -0.118. The molecule has 0 N–H and O–H groups in total. The largest absolute Gasteiger partial charge is 0.367 e. The van der Waals surface area contributed by atoms with Gasteiger partial charge in [0.2, 0.25) is 0 Å². The van der Waals surface area contributed by atoms with Crippen molar-refractivity contribution in [1.82, 2.24) is 0 Å². The van der Waals surface area contributed by atoms with Crippen molar-refractivity contribution in [3.05, 3.63) is 0 Å². The summed E-state index contributed by atoms with van der Waals surface area (Å²) in [6.45, 7) is 4.33. The fourth-order valence-corrected chi connectivity index (χ4v) is 1.47. The van der Waals surface area contributed by atoms with Crippen LogP contribution in [0.4, 0.5) is 0 Å².